The Balaban J connectivity index is 1.96. The van der Waals surface area contributed by atoms with E-state index in [9.17, 15) is 24.0 Å². The molecule has 1 saturated heterocycles. The summed E-state index contributed by atoms with van der Waals surface area (Å²) in [6.07, 6.45) is 0.582. The van der Waals surface area contributed by atoms with Gasteiger partial charge < -0.3 is 25.8 Å². The minimum absolute atomic E-state index is 0.0391. The first-order valence-electron chi connectivity index (χ1n) is 14.7. The maximum absolute atomic E-state index is 13.7. The van der Waals surface area contributed by atoms with Gasteiger partial charge in [0.2, 0.25) is 23.6 Å². The summed E-state index contributed by atoms with van der Waals surface area (Å²) in [5.41, 5.74) is 1.43. The lowest BCUT2D eigenvalue weighted by atomic mass is 10.0. The third kappa shape index (κ3) is 9.09. The van der Waals surface area contributed by atoms with Crippen LogP contribution in [0.3, 0.4) is 0 Å². The highest BCUT2D eigenvalue weighted by molar-refractivity contribution is 7.13. The van der Waals surface area contributed by atoms with E-state index in [4.69, 9.17) is 0 Å². The van der Waals surface area contributed by atoms with Gasteiger partial charge in [0, 0.05) is 32.5 Å². The van der Waals surface area contributed by atoms with E-state index in [1.54, 1.807) is 13.8 Å². The van der Waals surface area contributed by atoms with Crippen molar-refractivity contribution in [1.82, 2.24) is 30.7 Å². The molecule has 43 heavy (non-hydrogen) atoms. The van der Waals surface area contributed by atoms with Crippen molar-refractivity contribution in [3.8, 4) is 0 Å². The number of hydrogen-bond acceptors (Lipinski definition) is 7. The normalized spacial score (nSPS) is 21.3. The summed E-state index contributed by atoms with van der Waals surface area (Å²) in [6.45, 7) is 11.0. The highest BCUT2D eigenvalue weighted by Gasteiger charge is 2.33. The maximum Gasteiger partial charge on any atom is 0.266 e. The van der Waals surface area contributed by atoms with Crippen molar-refractivity contribution in [2.24, 2.45) is 5.92 Å². The van der Waals surface area contributed by atoms with E-state index < -0.39 is 41.8 Å². The number of carbonyl (C=O) groups is 5. The molecule has 234 valence electrons. The van der Waals surface area contributed by atoms with Crippen LogP contribution in [0, 0.1) is 12.8 Å². The lowest BCUT2D eigenvalue weighted by Gasteiger charge is -2.30. The second-order valence-electron chi connectivity index (χ2n) is 11.8. The van der Waals surface area contributed by atoms with Crippen LogP contribution >= 0.6 is 11.3 Å². The predicted molar refractivity (Wildman–Crippen MR) is 166 cm³/mol. The molecular weight excluding hydrogens is 568 g/mol. The maximum atomic E-state index is 13.7. The summed E-state index contributed by atoms with van der Waals surface area (Å²) in [5.74, 6) is -2.03. The fourth-order valence-corrected chi connectivity index (χ4v) is 5.80. The molecule has 3 N–H and O–H groups in total. The van der Waals surface area contributed by atoms with Crippen molar-refractivity contribution in [3.05, 3.63) is 51.5 Å². The number of aromatic nitrogens is 1. The van der Waals surface area contributed by atoms with Crippen molar-refractivity contribution in [3.63, 3.8) is 0 Å². The molecular formula is C31H44N6O5S. The van der Waals surface area contributed by atoms with Gasteiger partial charge >= 0.3 is 0 Å². The summed E-state index contributed by atoms with van der Waals surface area (Å²) >= 11 is 1.29. The van der Waals surface area contributed by atoms with Crippen LogP contribution in [-0.2, 0) is 25.6 Å². The van der Waals surface area contributed by atoms with Crippen LogP contribution in [0.2, 0.25) is 0 Å². The molecule has 0 saturated carbocycles. The number of amides is 5. The lowest BCUT2D eigenvalue weighted by Crippen LogP contribution is -2.57. The zero-order valence-corrected chi connectivity index (χ0v) is 26.9. The van der Waals surface area contributed by atoms with E-state index in [-0.39, 0.29) is 43.8 Å². The first-order valence-corrected chi connectivity index (χ1v) is 15.5. The number of rotatable bonds is 6. The summed E-state index contributed by atoms with van der Waals surface area (Å²) in [4.78, 5) is 74.9. The molecule has 1 aromatic heterocycles. The van der Waals surface area contributed by atoms with Crippen molar-refractivity contribution >= 4 is 40.9 Å². The molecule has 3 atom stereocenters. The van der Waals surface area contributed by atoms with Gasteiger partial charge in [-0.1, -0.05) is 58.0 Å². The van der Waals surface area contributed by atoms with E-state index >= 15 is 0 Å². The predicted octanol–water partition coefficient (Wildman–Crippen LogP) is 2.25. The summed E-state index contributed by atoms with van der Waals surface area (Å²) in [7, 11) is 1.51. The molecule has 11 nitrogen and oxygen atoms in total. The molecule has 2 aromatic rings. The molecule has 1 fully saturated rings. The smallest absolute Gasteiger partial charge is 0.266 e. The number of hydrogen-bond donors (Lipinski definition) is 3. The van der Waals surface area contributed by atoms with Gasteiger partial charge in [-0.25, -0.2) is 4.98 Å². The molecule has 12 heteroatoms. The topological polar surface area (TPSA) is 141 Å². The number of nitrogens with zero attached hydrogens (tertiary/aromatic N) is 3. The van der Waals surface area contributed by atoms with Crippen molar-refractivity contribution in [1.29, 1.82) is 0 Å². The first-order chi connectivity index (χ1) is 20.3. The molecule has 1 aliphatic heterocycles. The Morgan fingerprint density at radius 2 is 1.70 bits per heavy atom. The molecule has 0 unspecified atom stereocenters. The zero-order chi connectivity index (χ0) is 31.8. The monoisotopic (exact) mass is 612 g/mol. The Morgan fingerprint density at radius 3 is 2.30 bits per heavy atom. The quantitative estimate of drug-likeness (QED) is 0.457. The SMILES string of the molecule is Cc1nc(C(C)C)sc1C(=O)N1CCNC(=O)[C@H](Cc2ccccc2)NC(=O)[C@H](C)N(C)C(=O)[C@H](CC(C)C)NC(=O)C1. The van der Waals surface area contributed by atoms with Gasteiger partial charge in [0.1, 0.15) is 23.0 Å². The fourth-order valence-electron chi connectivity index (χ4n) is 4.77. The number of carbonyl (C=O) groups excluding carboxylic acids is 5. The first kappa shape index (κ1) is 33.7. The van der Waals surface area contributed by atoms with Gasteiger partial charge in [-0.2, -0.15) is 0 Å². The van der Waals surface area contributed by atoms with E-state index in [0.717, 1.165) is 10.6 Å². The molecule has 0 bridgehead atoms. The molecule has 0 aliphatic carbocycles. The Morgan fingerprint density at radius 1 is 1.02 bits per heavy atom. The zero-order valence-electron chi connectivity index (χ0n) is 26.1. The highest BCUT2D eigenvalue weighted by atomic mass is 32.1. The molecule has 1 aromatic carbocycles. The second-order valence-corrected chi connectivity index (χ2v) is 12.8. The standard InChI is InChI=1S/C31H44N6O5S/c1-18(2)15-24-30(41)36(7)21(6)27(39)35-23(16-22-11-9-8-10-12-22)28(40)32-13-14-37(17-25(38)34-24)31(42)26-20(5)33-29(43-26)19(3)4/h8-12,18-19,21,23-24H,13-17H2,1-7H3,(H,32,40)(H,34,38)(H,35,39)/t21-,23-,24-/m0/s1. The van der Waals surface area contributed by atoms with Crippen molar-refractivity contribution in [2.75, 3.05) is 26.7 Å². The number of benzene rings is 1. The Hall–Kier alpha value is -3.80. The second kappa shape index (κ2) is 15.1. The van der Waals surface area contributed by atoms with E-state index in [1.165, 1.54) is 28.2 Å². The van der Waals surface area contributed by atoms with Crippen LogP contribution in [0.25, 0.3) is 0 Å². The van der Waals surface area contributed by atoms with Crippen LogP contribution in [0.15, 0.2) is 30.3 Å². The van der Waals surface area contributed by atoms with E-state index in [2.05, 4.69) is 20.9 Å². The van der Waals surface area contributed by atoms with Gasteiger partial charge in [-0.3, -0.25) is 24.0 Å². The van der Waals surface area contributed by atoms with Crippen molar-refractivity contribution < 1.29 is 24.0 Å². The average Bonchev–Trinajstić information content (AvgIpc) is 3.35. The summed E-state index contributed by atoms with van der Waals surface area (Å²) in [5, 5.41) is 9.26. The molecule has 2 heterocycles. The third-order valence-corrected chi connectivity index (χ3v) is 8.81. The van der Waals surface area contributed by atoms with Crippen LogP contribution in [0.4, 0.5) is 0 Å². The van der Waals surface area contributed by atoms with Gasteiger partial charge in [0.15, 0.2) is 0 Å². The largest absolute Gasteiger partial charge is 0.353 e. The van der Waals surface area contributed by atoms with Crippen LogP contribution in [0.5, 0.6) is 0 Å². The van der Waals surface area contributed by atoms with E-state index in [1.807, 2.05) is 58.0 Å². The van der Waals surface area contributed by atoms with Gasteiger partial charge in [-0.05, 0) is 31.7 Å². The molecule has 3 rings (SSSR count). The Labute approximate surface area is 257 Å². The van der Waals surface area contributed by atoms with Crippen LogP contribution in [0.1, 0.15) is 72.9 Å². The number of aryl methyl sites for hydroxylation is 1. The van der Waals surface area contributed by atoms with Gasteiger partial charge in [0.25, 0.3) is 5.91 Å². The Kier molecular flexibility index (Phi) is 11.8. The van der Waals surface area contributed by atoms with Crippen LogP contribution < -0.4 is 16.0 Å². The summed E-state index contributed by atoms with van der Waals surface area (Å²) in [6, 6.07) is 6.58. The summed E-state index contributed by atoms with van der Waals surface area (Å²) < 4.78 is 0. The van der Waals surface area contributed by atoms with Crippen molar-refractivity contribution in [2.45, 2.75) is 78.4 Å². The van der Waals surface area contributed by atoms with E-state index in [0.29, 0.717) is 17.0 Å². The molecule has 0 spiro atoms. The number of thiazole rings is 1. The minimum Gasteiger partial charge on any atom is -0.353 e. The van der Waals surface area contributed by atoms with Gasteiger partial charge in [-0.15, -0.1) is 11.3 Å². The minimum atomic E-state index is -0.918. The van der Waals surface area contributed by atoms with Gasteiger partial charge in [0.05, 0.1) is 17.2 Å². The lowest BCUT2D eigenvalue weighted by molar-refractivity contribution is -0.142. The third-order valence-electron chi connectivity index (χ3n) is 7.37. The fraction of sp³-hybridized carbons (Fsp3) is 0.548. The molecule has 5 amide bonds. The average molecular weight is 613 g/mol. The number of likely N-dealkylation sites (N-methyl/N-ethyl adjacent to an activating group) is 1. The Bertz CT molecular complexity index is 1310. The molecule has 0 radical (unpaired) electrons. The molecule has 1 aliphatic rings. The van der Waals surface area contributed by atoms with Crippen LogP contribution in [-0.4, -0.2) is 89.1 Å². The number of nitrogens with one attached hydrogen (secondary N) is 3. The highest BCUT2D eigenvalue weighted by Crippen LogP contribution is 2.25.